The van der Waals surface area contributed by atoms with Gasteiger partial charge < -0.3 is 5.11 Å². The van der Waals surface area contributed by atoms with Crippen LogP contribution in [0.2, 0.25) is 0 Å². The van der Waals surface area contributed by atoms with Crippen LogP contribution in [-0.4, -0.2) is 23.2 Å². The molecule has 0 spiro atoms. The summed E-state index contributed by atoms with van der Waals surface area (Å²) in [6.07, 6.45) is 0.909. The van der Waals surface area contributed by atoms with E-state index in [2.05, 4.69) is 0 Å². The molecule has 0 saturated heterocycles. The van der Waals surface area contributed by atoms with Crippen molar-refractivity contribution in [2.45, 2.75) is 57.5 Å². The molecule has 0 amide bonds. The predicted octanol–water partition coefficient (Wildman–Crippen LogP) is 3.40. The highest BCUT2D eigenvalue weighted by Gasteiger charge is 2.47. The molecule has 1 unspecified atom stereocenters. The second-order valence-electron chi connectivity index (χ2n) is 3.60. The topological polar surface area (TPSA) is 37.3 Å². The van der Waals surface area contributed by atoms with Gasteiger partial charge in [-0.05, 0) is 6.42 Å². The molecule has 1 atom stereocenters. The highest BCUT2D eigenvalue weighted by atomic mass is 19.3. The van der Waals surface area contributed by atoms with Crippen molar-refractivity contribution in [3.8, 4) is 0 Å². The smallest absolute Gasteiger partial charge is 0.377 e. The molecular weight excluding hydrogens is 209 g/mol. The van der Waals surface area contributed by atoms with E-state index in [4.69, 9.17) is 5.11 Å². The summed E-state index contributed by atoms with van der Waals surface area (Å²) >= 11 is 0. The van der Waals surface area contributed by atoms with Crippen LogP contribution in [0.15, 0.2) is 0 Å². The van der Waals surface area contributed by atoms with Gasteiger partial charge >= 0.3 is 11.9 Å². The molecular formula is C10H17F3O2. The quantitative estimate of drug-likeness (QED) is 0.644. The van der Waals surface area contributed by atoms with E-state index in [1.54, 1.807) is 0 Å². The minimum Gasteiger partial charge on any atom is -0.477 e. The fourth-order valence-electron chi connectivity index (χ4n) is 1.24. The van der Waals surface area contributed by atoms with E-state index >= 15 is 0 Å². The third-order valence-electron chi connectivity index (χ3n) is 2.24. The van der Waals surface area contributed by atoms with Gasteiger partial charge in [0.25, 0.3) is 0 Å². The van der Waals surface area contributed by atoms with Crippen LogP contribution in [0, 0.1) is 0 Å². The number of carboxylic acids is 1. The number of unbranched alkanes of at least 4 members (excludes halogenated alkanes) is 4. The van der Waals surface area contributed by atoms with Gasteiger partial charge in [-0.1, -0.05) is 39.0 Å². The van der Waals surface area contributed by atoms with E-state index < -0.39 is 18.1 Å². The minimum atomic E-state index is -4.25. The molecule has 0 bridgehead atoms. The van der Waals surface area contributed by atoms with Crippen LogP contribution >= 0.6 is 0 Å². The second kappa shape index (κ2) is 6.69. The maximum atomic E-state index is 12.8. The zero-order valence-corrected chi connectivity index (χ0v) is 8.81. The Morgan fingerprint density at radius 3 is 2.27 bits per heavy atom. The van der Waals surface area contributed by atoms with Gasteiger partial charge in [0, 0.05) is 0 Å². The van der Waals surface area contributed by atoms with Gasteiger partial charge in [-0.2, -0.15) is 8.78 Å². The highest BCUT2D eigenvalue weighted by molar-refractivity contribution is 5.76. The first-order valence-electron chi connectivity index (χ1n) is 5.18. The number of carbonyl (C=O) groups is 1. The summed E-state index contributed by atoms with van der Waals surface area (Å²) < 4.78 is 37.9. The lowest BCUT2D eigenvalue weighted by Gasteiger charge is -2.15. The van der Waals surface area contributed by atoms with Gasteiger partial charge in [-0.3, -0.25) is 0 Å². The Morgan fingerprint density at radius 2 is 1.80 bits per heavy atom. The SMILES string of the molecule is CCCCCCCC(F)C(F)(F)C(=O)O. The van der Waals surface area contributed by atoms with Crippen LogP contribution in [0.3, 0.4) is 0 Å². The molecule has 5 heteroatoms. The van der Waals surface area contributed by atoms with Crippen molar-refractivity contribution >= 4 is 5.97 Å². The molecule has 0 aliphatic rings. The van der Waals surface area contributed by atoms with Crippen LogP contribution in [0.4, 0.5) is 13.2 Å². The Hall–Kier alpha value is -0.740. The monoisotopic (exact) mass is 226 g/mol. The summed E-state index contributed by atoms with van der Waals surface area (Å²) in [6, 6.07) is 0. The van der Waals surface area contributed by atoms with Crippen LogP contribution in [0.1, 0.15) is 45.4 Å². The molecule has 0 heterocycles. The summed E-state index contributed by atoms with van der Waals surface area (Å²) in [4.78, 5) is 10.0. The predicted molar refractivity (Wildman–Crippen MR) is 50.9 cm³/mol. The molecule has 0 radical (unpaired) electrons. The number of aliphatic carboxylic acids is 1. The molecule has 0 aromatic carbocycles. The Bertz CT molecular complexity index is 195. The fourth-order valence-corrected chi connectivity index (χ4v) is 1.24. The second-order valence-corrected chi connectivity index (χ2v) is 3.60. The van der Waals surface area contributed by atoms with E-state index in [-0.39, 0.29) is 6.42 Å². The van der Waals surface area contributed by atoms with E-state index in [1.165, 1.54) is 0 Å². The molecule has 1 N–H and O–H groups in total. The van der Waals surface area contributed by atoms with Crippen molar-refractivity contribution in [3.63, 3.8) is 0 Å². The third-order valence-corrected chi connectivity index (χ3v) is 2.24. The summed E-state index contributed by atoms with van der Waals surface area (Å²) in [5.74, 6) is -6.63. The largest absolute Gasteiger partial charge is 0.477 e. The molecule has 2 nitrogen and oxygen atoms in total. The summed E-state index contributed by atoms with van der Waals surface area (Å²) in [5.41, 5.74) is 0. The van der Waals surface area contributed by atoms with Crippen molar-refractivity contribution in [2.75, 3.05) is 0 Å². The first-order chi connectivity index (χ1) is 6.92. The Balaban J connectivity index is 3.73. The van der Waals surface area contributed by atoms with Crippen molar-refractivity contribution < 1.29 is 23.1 Å². The normalized spacial score (nSPS) is 13.9. The summed E-state index contributed by atoms with van der Waals surface area (Å²) in [5, 5.41) is 8.06. The number of rotatable bonds is 8. The minimum absolute atomic E-state index is 0.310. The number of hydrogen-bond donors (Lipinski definition) is 1. The summed E-state index contributed by atoms with van der Waals surface area (Å²) in [7, 11) is 0. The van der Waals surface area contributed by atoms with E-state index in [1.807, 2.05) is 6.92 Å². The fraction of sp³-hybridized carbons (Fsp3) is 0.900. The molecule has 0 aromatic heterocycles. The van der Waals surface area contributed by atoms with Gasteiger partial charge in [-0.25, -0.2) is 9.18 Å². The maximum Gasteiger partial charge on any atom is 0.377 e. The Morgan fingerprint density at radius 1 is 1.27 bits per heavy atom. The summed E-state index contributed by atoms with van der Waals surface area (Å²) in [6.45, 7) is 2.01. The zero-order valence-electron chi connectivity index (χ0n) is 8.81. The van der Waals surface area contributed by atoms with Crippen molar-refractivity contribution in [1.82, 2.24) is 0 Å². The average molecular weight is 226 g/mol. The van der Waals surface area contributed by atoms with Crippen LogP contribution in [0.5, 0.6) is 0 Å². The molecule has 0 aliphatic carbocycles. The highest BCUT2D eigenvalue weighted by Crippen LogP contribution is 2.26. The van der Waals surface area contributed by atoms with Gasteiger partial charge in [0.05, 0.1) is 0 Å². The van der Waals surface area contributed by atoms with E-state index in [0.29, 0.717) is 12.8 Å². The third kappa shape index (κ3) is 5.04. The average Bonchev–Trinajstić information content (AvgIpc) is 2.16. The van der Waals surface area contributed by atoms with Crippen LogP contribution in [0.25, 0.3) is 0 Å². The van der Waals surface area contributed by atoms with E-state index in [9.17, 15) is 18.0 Å². The number of hydrogen-bond acceptors (Lipinski definition) is 1. The van der Waals surface area contributed by atoms with Crippen LogP contribution < -0.4 is 0 Å². The lowest BCUT2D eigenvalue weighted by molar-refractivity contribution is -0.175. The van der Waals surface area contributed by atoms with E-state index in [0.717, 1.165) is 19.3 Å². The lowest BCUT2D eigenvalue weighted by atomic mass is 10.1. The van der Waals surface area contributed by atoms with Gasteiger partial charge in [0.2, 0.25) is 0 Å². The molecule has 15 heavy (non-hydrogen) atoms. The molecule has 0 saturated carbocycles. The lowest BCUT2D eigenvalue weighted by Crippen LogP contribution is -2.38. The molecule has 0 aliphatic heterocycles. The number of halogens is 3. The van der Waals surface area contributed by atoms with Gasteiger partial charge in [-0.15, -0.1) is 0 Å². The first-order valence-corrected chi connectivity index (χ1v) is 5.18. The number of carboxylic acid groups (broad SMARTS) is 1. The molecule has 0 aromatic rings. The van der Waals surface area contributed by atoms with Crippen LogP contribution in [-0.2, 0) is 4.79 Å². The first kappa shape index (κ1) is 14.3. The van der Waals surface area contributed by atoms with Crippen molar-refractivity contribution in [2.24, 2.45) is 0 Å². The zero-order chi connectivity index (χ0) is 11.9. The Labute approximate surface area is 87.5 Å². The molecule has 90 valence electrons. The van der Waals surface area contributed by atoms with Crippen molar-refractivity contribution in [3.05, 3.63) is 0 Å². The maximum absolute atomic E-state index is 12.8. The van der Waals surface area contributed by atoms with Gasteiger partial charge in [0.1, 0.15) is 0 Å². The molecule has 0 fully saturated rings. The number of alkyl halides is 3. The van der Waals surface area contributed by atoms with Crippen molar-refractivity contribution in [1.29, 1.82) is 0 Å². The van der Waals surface area contributed by atoms with Gasteiger partial charge in [0.15, 0.2) is 6.17 Å². The Kier molecular flexibility index (Phi) is 6.36. The molecule has 0 rings (SSSR count). The standard InChI is InChI=1S/C10H17F3O2/c1-2-3-4-5-6-7-8(11)10(12,13)9(14)15/h8H,2-7H2,1H3,(H,14,15).